The summed E-state index contributed by atoms with van der Waals surface area (Å²) in [6, 6.07) is 10.2. The van der Waals surface area contributed by atoms with Crippen molar-refractivity contribution in [3.05, 3.63) is 30.3 Å². The third kappa shape index (κ3) is 1.65. The number of benzene rings is 1. The van der Waals surface area contributed by atoms with E-state index in [-0.39, 0.29) is 6.04 Å². The van der Waals surface area contributed by atoms with Gasteiger partial charge in [0.2, 0.25) is 0 Å². The van der Waals surface area contributed by atoms with Gasteiger partial charge in [0.05, 0.1) is 6.04 Å². The smallest absolute Gasteiger partial charge is 0.142 e. The highest BCUT2D eigenvalue weighted by Crippen LogP contribution is 2.27. The SMILES string of the molecule is CC1CC(C=O)N(c2ccccc2)C1. The number of carbonyl (C=O) groups is 1. The van der Waals surface area contributed by atoms with Crippen LogP contribution in [0.1, 0.15) is 13.3 Å². The van der Waals surface area contributed by atoms with Crippen molar-refractivity contribution >= 4 is 12.0 Å². The van der Waals surface area contributed by atoms with Gasteiger partial charge in [0, 0.05) is 12.2 Å². The molecule has 2 nitrogen and oxygen atoms in total. The molecule has 1 aromatic carbocycles. The van der Waals surface area contributed by atoms with Crippen LogP contribution in [0.2, 0.25) is 0 Å². The molecule has 0 radical (unpaired) electrons. The zero-order valence-electron chi connectivity index (χ0n) is 8.39. The second kappa shape index (κ2) is 3.82. The minimum absolute atomic E-state index is 0.0763. The number of aldehydes is 1. The first kappa shape index (κ1) is 9.25. The molecule has 0 N–H and O–H groups in total. The number of carbonyl (C=O) groups excluding carboxylic acids is 1. The van der Waals surface area contributed by atoms with Crippen LogP contribution in [-0.4, -0.2) is 18.9 Å². The third-order valence-corrected chi connectivity index (χ3v) is 2.80. The van der Waals surface area contributed by atoms with Gasteiger partial charge >= 0.3 is 0 Å². The maximum atomic E-state index is 10.9. The molecule has 0 spiro atoms. The Balaban J connectivity index is 2.22. The summed E-state index contributed by atoms with van der Waals surface area (Å²) in [6.07, 6.45) is 2.05. The largest absolute Gasteiger partial charge is 0.362 e. The lowest BCUT2D eigenvalue weighted by atomic mass is 10.1. The van der Waals surface area contributed by atoms with E-state index in [1.807, 2.05) is 18.2 Å². The molecular formula is C12H15NO. The van der Waals surface area contributed by atoms with Crippen LogP contribution in [0.3, 0.4) is 0 Å². The highest BCUT2D eigenvalue weighted by molar-refractivity contribution is 5.67. The molecule has 1 heterocycles. The Kier molecular flexibility index (Phi) is 2.53. The summed E-state index contributed by atoms with van der Waals surface area (Å²) in [6.45, 7) is 3.19. The van der Waals surface area contributed by atoms with Crippen molar-refractivity contribution in [1.29, 1.82) is 0 Å². The molecule has 74 valence electrons. The van der Waals surface area contributed by atoms with E-state index in [0.717, 1.165) is 24.9 Å². The number of hydrogen-bond donors (Lipinski definition) is 0. The number of para-hydroxylation sites is 1. The van der Waals surface area contributed by atoms with Crippen molar-refractivity contribution in [1.82, 2.24) is 0 Å². The van der Waals surface area contributed by atoms with Gasteiger partial charge in [-0.05, 0) is 24.5 Å². The lowest BCUT2D eigenvalue weighted by Crippen LogP contribution is -2.30. The number of nitrogens with zero attached hydrogens (tertiary/aromatic N) is 1. The first-order valence-electron chi connectivity index (χ1n) is 5.08. The molecule has 1 saturated heterocycles. The fraction of sp³-hybridized carbons (Fsp3) is 0.417. The Hall–Kier alpha value is -1.31. The van der Waals surface area contributed by atoms with Crippen molar-refractivity contribution in [2.75, 3.05) is 11.4 Å². The summed E-state index contributed by atoms with van der Waals surface area (Å²) in [4.78, 5) is 13.1. The molecule has 0 bridgehead atoms. The molecule has 1 fully saturated rings. The van der Waals surface area contributed by atoms with Gasteiger partial charge < -0.3 is 9.69 Å². The Morgan fingerprint density at radius 2 is 2.07 bits per heavy atom. The monoisotopic (exact) mass is 189 g/mol. The van der Waals surface area contributed by atoms with Gasteiger partial charge in [0.25, 0.3) is 0 Å². The highest BCUT2D eigenvalue weighted by Gasteiger charge is 2.28. The van der Waals surface area contributed by atoms with Gasteiger partial charge in [-0.3, -0.25) is 0 Å². The average Bonchev–Trinajstić information content (AvgIpc) is 2.61. The van der Waals surface area contributed by atoms with Crippen LogP contribution in [0.5, 0.6) is 0 Å². The molecule has 0 amide bonds. The Morgan fingerprint density at radius 3 is 2.71 bits per heavy atom. The summed E-state index contributed by atoms with van der Waals surface area (Å²) >= 11 is 0. The number of hydrogen-bond acceptors (Lipinski definition) is 2. The summed E-state index contributed by atoms with van der Waals surface area (Å²) in [5, 5.41) is 0. The predicted octanol–water partition coefficient (Wildman–Crippen LogP) is 2.10. The van der Waals surface area contributed by atoms with Crippen LogP contribution < -0.4 is 4.90 Å². The molecule has 1 aromatic rings. The van der Waals surface area contributed by atoms with E-state index in [1.165, 1.54) is 0 Å². The Morgan fingerprint density at radius 1 is 1.36 bits per heavy atom. The van der Waals surface area contributed by atoms with Crippen molar-refractivity contribution in [2.45, 2.75) is 19.4 Å². The normalized spacial score (nSPS) is 26.5. The quantitative estimate of drug-likeness (QED) is 0.664. The van der Waals surface area contributed by atoms with E-state index in [1.54, 1.807) is 0 Å². The van der Waals surface area contributed by atoms with Crippen LogP contribution in [0, 0.1) is 5.92 Å². The zero-order chi connectivity index (χ0) is 9.97. The molecule has 14 heavy (non-hydrogen) atoms. The van der Waals surface area contributed by atoms with Crippen molar-refractivity contribution in [3.63, 3.8) is 0 Å². The summed E-state index contributed by atoms with van der Waals surface area (Å²) in [7, 11) is 0. The Bertz CT molecular complexity index is 309. The first-order valence-corrected chi connectivity index (χ1v) is 5.08. The maximum Gasteiger partial charge on any atom is 0.142 e. The third-order valence-electron chi connectivity index (χ3n) is 2.80. The number of anilines is 1. The summed E-state index contributed by atoms with van der Waals surface area (Å²) in [5.41, 5.74) is 1.16. The highest BCUT2D eigenvalue weighted by atomic mass is 16.1. The van der Waals surface area contributed by atoms with Gasteiger partial charge in [-0.15, -0.1) is 0 Å². The molecular weight excluding hydrogens is 174 g/mol. The number of rotatable bonds is 2. The second-order valence-electron chi connectivity index (χ2n) is 4.03. The minimum atomic E-state index is 0.0763. The van der Waals surface area contributed by atoms with Gasteiger partial charge in [-0.25, -0.2) is 0 Å². The standard InChI is InChI=1S/C12H15NO/c1-10-7-12(9-14)13(8-10)11-5-3-2-4-6-11/h2-6,9-10,12H,7-8H2,1H3. The van der Waals surface area contributed by atoms with E-state index in [4.69, 9.17) is 0 Å². The molecule has 2 atom stereocenters. The second-order valence-corrected chi connectivity index (χ2v) is 4.03. The molecule has 2 rings (SSSR count). The molecule has 0 saturated carbocycles. The van der Waals surface area contributed by atoms with E-state index < -0.39 is 0 Å². The van der Waals surface area contributed by atoms with E-state index >= 15 is 0 Å². The van der Waals surface area contributed by atoms with Crippen LogP contribution in [0.15, 0.2) is 30.3 Å². The topological polar surface area (TPSA) is 20.3 Å². The zero-order valence-corrected chi connectivity index (χ0v) is 8.39. The lowest BCUT2D eigenvalue weighted by Gasteiger charge is -2.22. The molecule has 1 aliphatic rings. The van der Waals surface area contributed by atoms with Crippen LogP contribution in [-0.2, 0) is 4.79 Å². The van der Waals surface area contributed by atoms with Gasteiger partial charge in [0.1, 0.15) is 6.29 Å². The molecule has 2 heteroatoms. The minimum Gasteiger partial charge on any atom is -0.362 e. The molecule has 2 unspecified atom stereocenters. The van der Waals surface area contributed by atoms with Crippen molar-refractivity contribution in [3.8, 4) is 0 Å². The average molecular weight is 189 g/mol. The van der Waals surface area contributed by atoms with Gasteiger partial charge in [-0.1, -0.05) is 25.1 Å². The van der Waals surface area contributed by atoms with Gasteiger partial charge in [-0.2, -0.15) is 0 Å². The van der Waals surface area contributed by atoms with Gasteiger partial charge in [0.15, 0.2) is 0 Å². The summed E-state index contributed by atoms with van der Waals surface area (Å²) in [5.74, 6) is 0.616. The van der Waals surface area contributed by atoms with Crippen LogP contribution in [0.4, 0.5) is 5.69 Å². The molecule has 0 aromatic heterocycles. The molecule has 1 aliphatic heterocycles. The fourth-order valence-electron chi connectivity index (χ4n) is 2.13. The summed E-state index contributed by atoms with van der Waals surface area (Å²) < 4.78 is 0. The van der Waals surface area contributed by atoms with Crippen LogP contribution >= 0.6 is 0 Å². The van der Waals surface area contributed by atoms with Crippen molar-refractivity contribution < 1.29 is 4.79 Å². The van der Waals surface area contributed by atoms with E-state index in [2.05, 4.69) is 24.0 Å². The van der Waals surface area contributed by atoms with Crippen LogP contribution in [0.25, 0.3) is 0 Å². The predicted molar refractivity (Wildman–Crippen MR) is 57.4 cm³/mol. The van der Waals surface area contributed by atoms with Crippen molar-refractivity contribution in [2.24, 2.45) is 5.92 Å². The first-order chi connectivity index (χ1) is 6.81. The van der Waals surface area contributed by atoms with E-state index in [0.29, 0.717) is 5.92 Å². The lowest BCUT2D eigenvalue weighted by molar-refractivity contribution is -0.108. The maximum absolute atomic E-state index is 10.9. The molecule has 0 aliphatic carbocycles. The Labute approximate surface area is 84.5 Å². The fourth-order valence-corrected chi connectivity index (χ4v) is 2.13. The van der Waals surface area contributed by atoms with E-state index in [9.17, 15) is 4.79 Å².